The van der Waals surface area contributed by atoms with Crippen LogP contribution in [0.15, 0.2) is 18.2 Å². The van der Waals surface area contributed by atoms with Crippen LogP contribution in [-0.2, 0) is 5.41 Å². The molecule has 0 aliphatic heterocycles. The molecule has 16 heavy (non-hydrogen) atoms. The normalized spacial score (nSPS) is 32.9. The Balaban J connectivity index is 2.01. The fourth-order valence-corrected chi connectivity index (χ4v) is 3.62. The van der Waals surface area contributed by atoms with Gasteiger partial charge >= 0.3 is 0 Å². The minimum absolute atomic E-state index is 0.155. The molecule has 3 aliphatic carbocycles. The molecule has 1 aromatic carbocycles. The summed E-state index contributed by atoms with van der Waals surface area (Å²) in [5.74, 6) is 1.36. The van der Waals surface area contributed by atoms with E-state index in [0.717, 1.165) is 11.5 Å². The highest BCUT2D eigenvalue weighted by atomic mass is 16.3. The molecule has 3 saturated carbocycles. The molecular weight excluding hydrogens is 200 g/mol. The molecular formula is C14H18O2. The van der Waals surface area contributed by atoms with Crippen LogP contribution in [0.25, 0.3) is 0 Å². The van der Waals surface area contributed by atoms with Crippen LogP contribution in [0.5, 0.6) is 11.5 Å². The molecule has 2 nitrogen and oxygen atoms in total. The maximum absolute atomic E-state index is 10.00. The first-order valence-corrected chi connectivity index (χ1v) is 6.22. The summed E-state index contributed by atoms with van der Waals surface area (Å²) in [6.07, 6.45) is 7.53. The van der Waals surface area contributed by atoms with Crippen molar-refractivity contribution in [2.75, 3.05) is 0 Å². The molecule has 3 aliphatic rings. The quantitative estimate of drug-likeness (QED) is 0.759. The lowest BCUT2D eigenvalue weighted by atomic mass is 9.58. The zero-order valence-corrected chi connectivity index (χ0v) is 9.45. The Morgan fingerprint density at radius 2 is 1.62 bits per heavy atom. The fourth-order valence-electron chi connectivity index (χ4n) is 3.62. The van der Waals surface area contributed by atoms with Gasteiger partial charge in [-0.3, -0.25) is 0 Å². The first-order valence-electron chi connectivity index (χ1n) is 6.22. The molecule has 3 fully saturated rings. The highest BCUT2D eigenvalue weighted by Gasteiger charge is 2.42. The lowest BCUT2D eigenvalue weighted by Gasteiger charge is -2.47. The number of hydrogen-bond acceptors (Lipinski definition) is 2. The summed E-state index contributed by atoms with van der Waals surface area (Å²) < 4.78 is 0. The molecule has 2 bridgehead atoms. The van der Waals surface area contributed by atoms with Gasteiger partial charge in [-0.05, 0) is 55.9 Å². The number of fused-ring (bicyclic) bond motifs is 3. The summed E-state index contributed by atoms with van der Waals surface area (Å²) in [6, 6.07) is 5.09. The van der Waals surface area contributed by atoms with E-state index in [1.54, 1.807) is 6.07 Å². The number of benzene rings is 1. The van der Waals surface area contributed by atoms with Gasteiger partial charge in [-0.25, -0.2) is 0 Å². The van der Waals surface area contributed by atoms with Gasteiger partial charge in [-0.15, -0.1) is 0 Å². The molecule has 0 unspecified atom stereocenters. The maximum Gasteiger partial charge on any atom is 0.123 e. The lowest BCUT2D eigenvalue weighted by Crippen LogP contribution is -2.37. The van der Waals surface area contributed by atoms with Gasteiger partial charge in [0.1, 0.15) is 11.5 Å². The van der Waals surface area contributed by atoms with E-state index in [1.807, 2.05) is 6.07 Å². The second-order valence-corrected chi connectivity index (χ2v) is 5.46. The van der Waals surface area contributed by atoms with Crippen LogP contribution < -0.4 is 0 Å². The first kappa shape index (κ1) is 10.0. The van der Waals surface area contributed by atoms with Crippen LogP contribution >= 0.6 is 0 Å². The van der Waals surface area contributed by atoms with Crippen molar-refractivity contribution in [3.63, 3.8) is 0 Å². The van der Waals surface area contributed by atoms with Gasteiger partial charge in [-0.1, -0.05) is 6.07 Å². The third-order valence-corrected chi connectivity index (χ3v) is 4.65. The summed E-state index contributed by atoms with van der Waals surface area (Å²) in [5, 5.41) is 19.3. The molecule has 0 saturated heterocycles. The summed E-state index contributed by atoms with van der Waals surface area (Å²) in [6.45, 7) is 0. The number of aromatic hydroxyl groups is 2. The number of rotatable bonds is 1. The molecule has 86 valence electrons. The second-order valence-electron chi connectivity index (χ2n) is 5.46. The van der Waals surface area contributed by atoms with E-state index >= 15 is 0 Å². The monoisotopic (exact) mass is 218 g/mol. The van der Waals surface area contributed by atoms with Crippen molar-refractivity contribution in [3.8, 4) is 11.5 Å². The molecule has 0 spiro atoms. The van der Waals surface area contributed by atoms with Crippen molar-refractivity contribution < 1.29 is 10.2 Å². The van der Waals surface area contributed by atoms with Crippen LogP contribution in [0.4, 0.5) is 0 Å². The van der Waals surface area contributed by atoms with Crippen LogP contribution in [0, 0.1) is 5.92 Å². The summed E-state index contributed by atoms with van der Waals surface area (Å²) >= 11 is 0. The zero-order valence-electron chi connectivity index (χ0n) is 9.45. The van der Waals surface area contributed by atoms with Gasteiger partial charge in [0.15, 0.2) is 0 Å². The van der Waals surface area contributed by atoms with Crippen molar-refractivity contribution in [2.24, 2.45) is 5.92 Å². The van der Waals surface area contributed by atoms with E-state index in [9.17, 15) is 10.2 Å². The predicted octanol–water partition coefficient (Wildman–Crippen LogP) is 3.32. The molecule has 2 N–H and O–H groups in total. The van der Waals surface area contributed by atoms with E-state index in [-0.39, 0.29) is 16.9 Å². The van der Waals surface area contributed by atoms with E-state index in [4.69, 9.17) is 0 Å². The Morgan fingerprint density at radius 3 is 2.19 bits per heavy atom. The maximum atomic E-state index is 10.00. The zero-order chi connectivity index (χ0) is 11.2. The predicted molar refractivity (Wildman–Crippen MR) is 62.6 cm³/mol. The smallest absolute Gasteiger partial charge is 0.123 e. The minimum Gasteiger partial charge on any atom is -0.508 e. The fraction of sp³-hybridized carbons (Fsp3) is 0.571. The van der Waals surface area contributed by atoms with Crippen LogP contribution in [0.2, 0.25) is 0 Å². The number of phenolic OH excluding ortho intramolecular Hbond substituents is 2. The molecule has 0 aromatic heterocycles. The van der Waals surface area contributed by atoms with Crippen LogP contribution in [0.1, 0.15) is 44.1 Å². The SMILES string of the molecule is Oc1ccc(C23CCC(CC2)CC3)c(O)c1. The van der Waals surface area contributed by atoms with Crippen molar-refractivity contribution in [1.29, 1.82) is 0 Å². The van der Waals surface area contributed by atoms with Crippen molar-refractivity contribution in [2.45, 2.75) is 43.9 Å². The summed E-state index contributed by atoms with van der Waals surface area (Å²) in [7, 11) is 0. The summed E-state index contributed by atoms with van der Waals surface area (Å²) in [5.41, 5.74) is 1.26. The van der Waals surface area contributed by atoms with Crippen LogP contribution in [0.3, 0.4) is 0 Å². The summed E-state index contributed by atoms with van der Waals surface area (Å²) in [4.78, 5) is 0. The van der Waals surface area contributed by atoms with Crippen molar-refractivity contribution >= 4 is 0 Å². The molecule has 1 aromatic rings. The van der Waals surface area contributed by atoms with Crippen molar-refractivity contribution in [1.82, 2.24) is 0 Å². The van der Waals surface area contributed by atoms with E-state index < -0.39 is 0 Å². The lowest BCUT2D eigenvalue weighted by molar-refractivity contribution is 0.133. The van der Waals surface area contributed by atoms with E-state index in [2.05, 4.69) is 0 Å². The Hall–Kier alpha value is -1.18. The second kappa shape index (κ2) is 3.41. The third kappa shape index (κ3) is 1.40. The topological polar surface area (TPSA) is 40.5 Å². The molecule has 0 heterocycles. The largest absolute Gasteiger partial charge is 0.508 e. The van der Waals surface area contributed by atoms with Crippen molar-refractivity contribution in [3.05, 3.63) is 23.8 Å². The van der Waals surface area contributed by atoms with Gasteiger partial charge in [0, 0.05) is 11.6 Å². The standard InChI is InChI=1S/C14H18O2/c15-11-1-2-12(13(16)9-11)14-6-3-10(4-7-14)5-8-14/h1-2,9-10,15-16H,3-8H2. The van der Waals surface area contributed by atoms with Gasteiger partial charge in [0.05, 0.1) is 0 Å². The minimum atomic E-state index is 0.155. The third-order valence-electron chi connectivity index (χ3n) is 4.65. The Labute approximate surface area is 95.9 Å². The highest BCUT2D eigenvalue weighted by molar-refractivity contribution is 5.44. The Bertz CT molecular complexity index is 389. The van der Waals surface area contributed by atoms with Gasteiger partial charge in [-0.2, -0.15) is 0 Å². The molecule has 0 radical (unpaired) electrons. The molecule has 0 atom stereocenters. The highest BCUT2D eigenvalue weighted by Crippen LogP contribution is 2.53. The molecule has 2 heteroatoms. The van der Waals surface area contributed by atoms with Gasteiger partial charge < -0.3 is 10.2 Å². The molecule has 4 rings (SSSR count). The Kier molecular flexibility index (Phi) is 2.13. The average Bonchev–Trinajstić information content (AvgIpc) is 2.31. The van der Waals surface area contributed by atoms with E-state index in [1.165, 1.54) is 44.6 Å². The number of hydrogen-bond donors (Lipinski definition) is 2. The Morgan fingerprint density at radius 1 is 1.00 bits per heavy atom. The number of phenols is 2. The average molecular weight is 218 g/mol. The van der Waals surface area contributed by atoms with Gasteiger partial charge in [0.25, 0.3) is 0 Å². The first-order chi connectivity index (χ1) is 7.70. The van der Waals surface area contributed by atoms with Gasteiger partial charge in [0.2, 0.25) is 0 Å². The van der Waals surface area contributed by atoms with Crippen LogP contribution in [-0.4, -0.2) is 10.2 Å². The molecule has 0 amide bonds. The van der Waals surface area contributed by atoms with E-state index in [0.29, 0.717) is 0 Å².